The van der Waals surface area contributed by atoms with Gasteiger partial charge in [-0.15, -0.1) is 0 Å². The highest BCUT2D eigenvalue weighted by Crippen LogP contribution is 2.22. The number of aliphatic hydroxyl groups excluding tert-OH is 1. The van der Waals surface area contributed by atoms with E-state index in [1.54, 1.807) is 33.2 Å². The van der Waals surface area contributed by atoms with Crippen molar-refractivity contribution in [1.29, 1.82) is 0 Å². The van der Waals surface area contributed by atoms with Crippen molar-refractivity contribution in [3.05, 3.63) is 52.6 Å². The lowest BCUT2D eigenvalue weighted by Gasteiger charge is -2.27. The molecule has 1 atom stereocenters. The van der Waals surface area contributed by atoms with Crippen LogP contribution >= 0.6 is 0 Å². The summed E-state index contributed by atoms with van der Waals surface area (Å²) in [5.74, 6) is -0.313. The molecule has 0 saturated heterocycles. The van der Waals surface area contributed by atoms with E-state index in [2.05, 4.69) is 10.00 Å². The summed E-state index contributed by atoms with van der Waals surface area (Å²) in [6, 6.07) is 7.19. The Labute approximate surface area is 152 Å². The zero-order valence-corrected chi connectivity index (χ0v) is 15.4. The van der Waals surface area contributed by atoms with E-state index in [-0.39, 0.29) is 18.1 Å². The normalized spacial score (nSPS) is 15.6. The van der Waals surface area contributed by atoms with Crippen molar-refractivity contribution >= 4 is 5.91 Å². The lowest BCUT2D eigenvalue weighted by Crippen LogP contribution is -2.33. The van der Waals surface area contributed by atoms with Gasteiger partial charge in [-0.2, -0.15) is 5.10 Å². The van der Waals surface area contributed by atoms with Gasteiger partial charge in [-0.05, 0) is 30.2 Å². The van der Waals surface area contributed by atoms with Crippen molar-refractivity contribution in [2.45, 2.75) is 39.1 Å². The summed E-state index contributed by atoms with van der Waals surface area (Å²) in [5, 5.41) is 14.7. The summed E-state index contributed by atoms with van der Waals surface area (Å²) < 4.78 is 15.6. The van der Waals surface area contributed by atoms with E-state index < -0.39 is 6.10 Å². The lowest BCUT2D eigenvalue weighted by atomic mass is 10.1. The van der Waals surface area contributed by atoms with Gasteiger partial charge >= 0.3 is 0 Å². The first kappa shape index (κ1) is 18.5. The largest absolute Gasteiger partial charge is 0.386 e. The standard InChI is InChI=1S/C19H25FN4O2/c1-13-4-5-14(8-16(13)20)11-23-6-7-24-15(12-23)9-17(21-24)18(25)10-19(26)22(2)3/h4-5,8-9,18,25H,6-7,10-12H2,1-3H3/t18-/m0/s1. The number of nitrogens with zero attached hydrogens (tertiary/aromatic N) is 4. The van der Waals surface area contributed by atoms with Crippen LogP contribution in [0.3, 0.4) is 0 Å². The molecular weight excluding hydrogens is 335 g/mol. The minimum atomic E-state index is -0.900. The molecule has 1 aromatic carbocycles. The van der Waals surface area contributed by atoms with E-state index in [9.17, 15) is 14.3 Å². The summed E-state index contributed by atoms with van der Waals surface area (Å²) in [4.78, 5) is 15.5. The van der Waals surface area contributed by atoms with Gasteiger partial charge in [-0.3, -0.25) is 14.4 Å². The third-order valence-electron chi connectivity index (χ3n) is 4.75. The third kappa shape index (κ3) is 4.11. The van der Waals surface area contributed by atoms with Crippen molar-refractivity contribution in [2.24, 2.45) is 0 Å². The summed E-state index contributed by atoms with van der Waals surface area (Å²) in [7, 11) is 3.33. The lowest BCUT2D eigenvalue weighted by molar-refractivity contribution is -0.130. The summed E-state index contributed by atoms with van der Waals surface area (Å²) in [6.07, 6.45) is -0.877. The number of hydrogen-bond donors (Lipinski definition) is 1. The summed E-state index contributed by atoms with van der Waals surface area (Å²) in [6.45, 7) is 4.61. The van der Waals surface area contributed by atoms with Gasteiger partial charge < -0.3 is 10.0 Å². The van der Waals surface area contributed by atoms with Gasteiger partial charge in [-0.1, -0.05) is 12.1 Å². The van der Waals surface area contributed by atoms with Crippen LogP contribution in [0.2, 0.25) is 0 Å². The van der Waals surface area contributed by atoms with E-state index >= 15 is 0 Å². The van der Waals surface area contributed by atoms with Crippen LogP contribution in [0.4, 0.5) is 4.39 Å². The fraction of sp³-hybridized carbons (Fsp3) is 0.474. The minimum Gasteiger partial charge on any atom is -0.386 e. The number of aromatic nitrogens is 2. The van der Waals surface area contributed by atoms with E-state index in [1.807, 2.05) is 16.8 Å². The maximum atomic E-state index is 13.7. The molecule has 1 aromatic heterocycles. The topological polar surface area (TPSA) is 61.6 Å². The van der Waals surface area contributed by atoms with Gasteiger partial charge in [0, 0.05) is 33.7 Å². The third-order valence-corrected chi connectivity index (χ3v) is 4.75. The highest BCUT2D eigenvalue weighted by molar-refractivity contribution is 5.76. The average molecular weight is 360 g/mol. The van der Waals surface area contributed by atoms with Crippen LogP contribution < -0.4 is 0 Å². The van der Waals surface area contributed by atoms with Crippen LogP contribution in [-0.4, -0.2) is 51.2 Å². The van der Waals surface area contributed by atoms with Gasteiger partial charge in [-0.25, -0.2) is 4.39 Å². The Morgan fingerprint density at radius 2 is 2.12 bits per heavy atom. The van der Waals surface area contributed by atoms with Gasteiger partial charge in [0.05, 0.1) is 24.4 Å². The average Bonchev–Trinajstić information content (AvgIpc) is 3.01. The Morgan fingerprint density at radius 3 is 2.81 bits per heavy atom. The Balaban J connectivity index is 1.66. The molecule has 26 heavy (non-hydrogen) atoms. The van der Waals surface area contributed by atoms with Crippen LogP contribution in [-0.2, 0) is 24.4 Å². The zero-order chi connectivity index (χ0) is 18.8. The number of halogens is 1. The van der Waals surface area contributed by atoms with Crippen molar-refractivity contribution in [2.75, 3.05) is 20.6 Å². The molecule has 1 amide bonds. The minimum absolute atomic E-state index is 0.0236. The summed E-state index contributed by atoms with van der Waals surface area (Å²) in [5.41, 5.74) is 3.11. The number of aryl methyl sites for hydroxylation is 1. The maximum absolute atomic E-state index is 13.7. The number of carbonyl (C=O) groups is 1. The van der Waals surface area contributed by atoms with Crippen molar-refractivity contribution < 1.29 is 14.3 Å². The molecule has 0 unspecified atom stereocenters. The monoisotopic (exact) mass is 360 g/mol. The molecule has 0 aliphatic carbocycles. The van der Waals surface area contributed by atoms with Crippen molar-refractivity contribution in [3.8, 4) is 0 Å². The number of benzene rings is 1. The molecule has 2 aromatic rings. The number of fused-ring (bicyclic) bond motifs is 1. The Bertz CT molecular complexity index is 803. The highest BCUT2D eigenvalue weighted by Gasteiger charge is 2.23. The highest BCUT2D eigenvalue weighted by atomic mass is 19.1. The quantitative estimate of drug-likeness (QED) is 0.884. The molecular formula is C19H25FN4O2. The Kier molecular flexibility index (Phi) is 5.38. The molecule has 1 aliphatic heterocycles. The molecule has 0 saturated carbocycles. The number of carbonyl (C=O) groups excluding carboxylic acids is 1. The summed E-state index contributed by atoms with van der Waals surface area (Å²) >= 11 is 0. The van der Waals surface area contributed by atoms with Gasteiger partial charge in [0.2, 0.25) is 5.91 Å². The van der Waals surface area contributed by atoms with E-state index in [1.165, 1.54) is 4.90 Å². The second-order valence-electron chi connectivity index (χ2n) is 7.09. The van der Waals surface area contributed by atoms with E-state index in [4.69, 9.17) is 0 Å². The Hall–Kier alpha value is -2.25. The molecule has 0 spiro atoms. The van der Waals surface area contributed by atoms with Crippen molar-refractivity contribution in [1.82, 2.24) is 19.6 Å². The molecule has 2 heterocycles. The van der Waals surface area contributed by atoms with Crippen molar-refractivity contribution in [3.63, 3.8) is 0 Å². The van der Waals surface area contributed by atoms with Crippen LogP contribution in [0, 0.1) is 12.7 Å². The second kappa shape index (κ2) is 7.55. The number of rotatable bonds is 5. The molecule has 0 bridgehead atoms. The molecule has 140 valence electrons. The number of aliphatic hydroxyl groups is 1. The molecule has 0 radical (unpaired) electrons. The predicted molar refractivity (Wildman–Crippen MR) is 95.7 cm³/mol. The second-order valence-corrected chi connectivity index (χ2v) is 7.09. The predicted octanol–water partition coefficient (Wildman–Crippen LogP) is 1.86. The molecule has 6 nitrogen and oxygen atoms in total. The van der Waals surface area contributed by atoms with E-state index in [0.717, 1.165) is 17.8 Å². The number of amides is 1. The first-order chi connectivity index (χ1) is 12.3. The molecule has 0 fully saturated rings. The fourth-order valence-corrected chi connectivity index (χ4v) is 3.09. The first-order valence-corrected chi connectivity index (χ1v) is 8.75. The first-order valence-electron chi connectivity index (χ1n) is 8.75. The number of hydrogen-bond acceptors (Lipinski definition) is 4. The van der Waals surface area contributed by atoms with Crippen LogP contribution in [0.25, 0.3) is 0 Å². The zero-order valence-electron chi connectivity index (χ0n) is 15.4. The molecule has 1 N–H and O–H groups in total. The molecule has 3 rings (SSSR count). The Morgan fingerprint density at radius 1 is 1.35 bits per heavy atom. The molecule has 7 heteroatoms. The smallest absolute Gasteiger partial charge is 0.225 e. The van der Waals surface area contributed by atoms with Crippen LogP contribution in [0.15, 0.2) is 24.3 Å². The van der Waals surface area contributed by atoms with Gasteiger partial charge in [0.25, 0.3) is 0 Å². The maximum Gasteiger partial charge on any atom is 0.225 e. The van der Waals surface area contributed by atoms with Gasteiger partial charge in [0.15, 0.2) is 0 Å². The van der Waals surface area contributed by atoms with E-state index in [0.29, 0.717) is 30.9 Å². The SMILES string of the molecule is Cc1ccc(CN2CCn3nc([C@@H](O)CC(=O)N(C)C)cc3C2)cc1F. The van der Waals surface area contributed by atoms with Crippen LogP contribution in [0.5, 0.6) is 0 Å². The fourth-order valence-electron chi connectivity index (χ4n) is 3.09. The van der Waals surface area contributed by atoms with Gasteiger partial charge in [0.1, 0.15) is 11.9 Å². The van der Waals surface area contributed by atoms with Crippen LogP contribution in [0.1, 0.15) is 35.0 Å². The molecule has 1 aliphatic rings.